The van der Waals surface area contributed by atoms with Crippen LogP contribution >= 0.6 is 0 Å². The van der Waals surface area contributed by atoms with Gasteiger partial charge in [-0.1, -0.05) is 26.7 Å². The van der Waals surface area contributed by atoms with Crippen molar-refractivity contribution in [3.63, 3.8) is 0 Å². The molecule has 1 atom stereocenters. The molecule has 5 nitrogen and oxygen atoms in total. The Hall–Kier alpha value is -1.65. The molecule has 5 heteroatoms. The topological polar surface area (TPSA) is 66.5 Å². The fourth-order valence-corrected chi connectivity index (χ4v) is 2.80. The second-order valence-corrected chi connectivity index (χ2v) is 5.75. The molecule has 0 saturated heterocycles. The zero-order valence-corrected chi connectivity index (χ0v) is 10.9. The van der Waals surface area contributed by atoms with Gasteiger partial charge in [0, 0.05) is 6.04 Å². The van der Waals surface area contributed by atoms with Crippen molar-refractivity contribution in [3.05, 3.63) is 12.7 Å². The molecular weight excluding hydrogens is 226 g/mol. The number of fused-ring (bicyclic) bond motifs is 1. The van der Waals surface area contributed by atoms with Crippen LogP contribution in [0.5, 0.6) is 0 Å². The summed E-state index contributed by atoms with van der Waals surface area (Å²) < 4.78 is 0. The average molecular weight is 245 g/mol. The van der Waals surface area contributed by atoms with Gasteiger partial charge in [-0.2, -0.15) is 0 Å². The Morgan fingerprint density at radius 3 is 3.00 bits per heavy atom. The smallest absolute Gasteiger partial charge is 0.182 e. The van der Waals surface area contributed by atoms with Crippen LogP contribution in [0.1, 0.15) is 39.5 Å². The highest BCUT2D eigenvalue weighted by Crippen LogP contribution is 2.37. The van der Waals surface area contributed by atoms with Gasteiger partial charge in [0.05, 0.1) is 6.33 Å². The fourth-order valence-electron chi connectivity index (χ4n) is 2.80. The maximum Gasteiger partial charge on any atom is 0.182 e. The first kappa shape index (κ1) is 11.4. The Morgan fingerprint density at radius 2 is 2.17 bits per heavy atom. The lowest BCUT2D eigenvalue weighted by Crippen LogP contribution is -2.39. The summed E-state index contributed by atoms with van der Waals surface area (Å²) in [5.74, 6) is 0.873. The van der Waals surface area contributed by atoms with Gasteiger partial charge in [-0.05, 0) is 18.3 Å². The van der Waals surface area contributed by atoms with Gasteiger partial charge < -0.3 is 10.3 Å². The standard InChI is InChI=1S/C13H19N5/c1-13(2)6-4-3-5-9(13)18-12-10-11(15-7-14-10)16-8-17-12/h7-9H,3-6H2,1-2H3,(H2,14,15,16,17,18). The third-order valence-electron chi connectivity index (χ3n) is 4.04. The lowest BCUT2D eigenvalue weighted by atomic mass is 9.73. The zero-order valence-electron chi connectivity index (χ0n) is 10.9. The fraction of sp³-hybridized carbons (Fsp3) is 0.615. The number of nitrogens with one attached hydrogen (secondary N) is 2. The van der Waals surface area contributed by atoms with Crippen molar-refractivity contribution in [3.8, 4) is 0 Å². The highest BCUT2D eigenvalue weighted by molar-refractivity contribution is 5.82. The van der Waals surface area contributed by atoms with Crippen LogP contribution in [-0.2, 0) is 0 Å². The number of imidazole rings is 1. The third-order valence-corrected chi connectivity index (χ3v) is 4.04. The highest BCUT2D eigenvalue weighted by Gasteiger charge is 2.32. The van der Waals surface area contributed by atoms with Gasteiger partial charge in [-0.25, -0.2) is 15.0 Å². The highest BCUT2D eigenvalue weighted by atomic mass is 15.1. The summed E-state index contributed by atoms with van der Waals surface area (Å²) in [4.78, 5) is 15.8. The van der Waals surface area contributed by atoms with Gasteiger partial charge >= 0.3 is 0 Å². The molecule has 2 heterocycles. The minimum atomic E-state index is 0.315. The third kappa shape index (κ3) is 1.94. The average Bonchev–Trinajstić information content (AvgIpc) is 2.81. The number of hydrogen-bond donors (Lipinski definition) is 2. The van der Waals surface area contributed by atoms with E-state index in [1.165, 1.54) is 25.7 Å². The monoisotopic (exact) mass is 245 g/mol. The maximum absolute atomic E-state index is 4.35. The van der Waals surface area contributed by atoms with Crippen LogP contribution in [0, 0.1) is 5.41 Å². The molecule has 18 heavy (non-hydrogen) atoms. The van der Waals surface area contributed by atoms with Gasteiger partial charge in [0.15, 0.2) is 11.5 Å². The molecule has 3 rings (SSSR count). The van der Waals surface area contributed by atoms with Gasteiger partial charge in [0.25, 0.3) is 0 Å². The molecule has 1 fully saturated rings. The summed E-state index contributed by atoms with van der Waals surface area (Å²) in [6, 6.07) is 0.465. The molecule has 96 valence electrons. The van der Waals surface area contributed by atoms with Gasteiger partial charge in [0.2, 0.25) is 0 Å². The van der Waals surface area contributed by atoms with Crippen LogP contribution in [0.25, 0.3) is 11.2 Å². The van der Waals surface area contributed by atoms with Crippen molar-refractivity contribution in [1.29, 1.82) is 0 Å². The lowest BCUT2D eigenvalue weighted by molar-refractivity contribution is 0.217. The minimum Gasteiger partial charge on any atom is -0.365 e. The SMILES string of the molecule is CC1(C)CCCCC1Nc1ncnc2nc[nH]c12. The van der Waals surface area contributed by atoms with Crippen molar-refractivity contribution < 1.29 is 0 Å². The number of aromatic nitrogens is 4. The lowest BCUT2D eigenvalue weighted by Gasteiger charge is -2.39. The van der Waals surface area contributed by atoms with Gasteiger partial charge in [0.1, 0.15) is 11.8 Å². The van der Waals surface area contributed by atoms with Crippen LogP contribution in [0.4, 0.5) is 5.82 Å². The Bertz CT molecular complexity index is 545. The van der Waals surface area contributed by atoms with E-state index in [1.54, 1.807) is 12.7 Å². The van der Waals surface area contributed by atoms with E-state index in [-0.39, 0.29) is 0 Å². The Kier molecular flexibility index (Phi) is 2.69. The normalized spacial score (nSPS) is 23.1. The second-order valence-electron chi connectivity index (χ2n) is 5.75. The molecule has 0 amide bonds. The van der Waals surface area contributed by atoms with Crippen LogP contribution in [-0.4, -0.2) is 26.0 Å². The van der Waals surface area contributed by atoms with Crippen molar-refractivity contribution in [2.75, 3.05) is 5.32 Å². The van der Waals surface area contributed by atoms with E-state index in [1.807, 2.05) is 0 Å². The molecule has 0 radical (unpaired) electrons. The van der Waals surface area contributed by atoms with E-state index in [4.69, 9.17) is 0 Å². The number of H-pyrrole nitrogens is 1. The Balaban J connectivity index is 1.89. The molecule has 2 N–H and O–H groups in total. The molecule has 2 aromatic rings. The van der Waals surface area contributed by atoms with Crippen molar-refractivity contribution in [1.82, 2.24) is 19.9 Å². The number of aromatic amines is 1. The minimum absolute atomic E-state index is 0.315. The molecule has 1 unspecified atom stereocenters. The Labute approximate surface area is 106 Å². The summed E-state index contributed by atoms with van der Waals surface area (Å²) in [6.45, 7) is 4.66. The zero-order chi connectivity index (χ0) is 12.6. The van der Waals surface area contributed by atoms with E-state index in [2.05, 4.69) is 39.1 Å². The molecule has 0 spiro atoms. The van der Waals surface area contributed by atoms with Crippen molar-refractivity contribution in [2.24, 2.45) is 5.41 Å². The second kappa shape index (κ2) is 4.23. The van der Waals surface area contributed by atoms with Crippen LogP contribution in [0.3, 0.4) is 0 Å². The molecule has 0 aliphatic heterocycles. The number of anilines is 1. The summed E-state index contributed by atoms with van der Waals surface area (Å²) in [5.41, 5.74) is 1.94. The Morgan fingerprint density at radius 1 is 1.28 bits per heavy atom. The van der Waals surface area contributed by atoms with Crippen LogP contribution in [0.2, 0.25) is 0 Å². The predicted octanol–water partition coefficient (Wildman–Crippen LogP) is 2.73. The molecule has 0 bridgehead atoms. The first-order valence-electron chi connectivity index (χ1n) is 6.57. The summed E-state index contributed by atoms with van der Waals surface area (Å²) >= 11 is 0. The quantitative estimate of drug-likeness (QED) is 0.853. The molecule has 1 saturated carbocycles. The van der Waals surface area contributed by atoms with Gasteiger partial charge in [-0.3, -0.25) is 0 Å². The molecule has 2 aromatic heterocycles. The van der Waals surface area contributed by atoms with E-state index >= 15 is 0 Å². The predicted molar refractivity (Wildman–Crippen MR) is 71.3 cm³/mol. The molecule has 1 aliphatic carbocycles. The molecule has 0 aromatic carbocycles. The summed E-state index contributed by atoms with van der Waals surface area (Å²) in [7, 11) is 0. The van der Waals surface area contributed by atoms with E-state index in [9.17, 15) is 0 Å². The maximum atomic E-state index is 4.35. The van der Waals surface area contributed by atoms with Gasteiger partial charge in [-0.15, -0.1) is 0 Å². The van der Waals surface area contributed by atoms with E-state index < -0.39 is 0 Å². The van der Waals surface area contributed by atoms with E-state index in [0.29, 0.717) is 11.5 Å². The number of rotatable bonds is 2. The van der Waals surface area contributed by atoms with E-state index in [0.717, 1.165) is 17.0 Å². The summed E-state index contributed by atoms with van der Waals surface area (Å²) in [6.07, 6.45) is 8.32. The van der Waals surface area contributed by atoms with Crippen LogP contribution < -0.4 is 5.32 Å². The molecule has 1 aliphatic rings. The van der Waals surface area contributed by atoms with Crippen molar-refractivity contribution in [2.45, 2.75) is 45.6 Å². The largest absolute Gasteiger partial charge is 0.365 e. The van der Waals surface area contributed by atoms with Crippen molar-refractivity contribution >= 4 is 17.0 Å². The first-order valence-corrected chi connectivity index (χ1v) is 6.57. The first-order chi connectivity index (χ1) is 8.67. The number of nitrogens with zero attached hydrogens (tertiary/aromatic N) is 3. The molecular formula is C13H19N5. The van der Waals surface area contributed by atoms with Crippen LogP contribution in [0.15, 0.2) is 12.7 Å². The summed E-state index contributed by atoms with van der Waals surface area (Å²) in [5, 5.41) is 3.58. The number of hydrogen-bond acceptors (Lipinski definition) is 4.